The molecule has 1 nitrogen and oxygen atoms in total. The molecule has 0 heterocycles. The van der Waals surface area contributed by atoms with E-state index >= 15 is 0 Å². The first kappa shape index (κ1) is 10.8. The van der Waals surface area contributed by atoms with E-state index in [9.17, 15) is 5.11 Å². The standard InChI is InChI=1S/C12H22O/c1-5-12(13)8-11(9(2)3)7-6-10(12)4/h5,9-11,13H,1,6-8H2,2-4H3/t10-,11+,12+/m1/s1. The summed E-state index contributed by atoms with van der Waals surface area (Å²) in [4.78, 5) is 0. The van der Waals surface area contributed by atoms with Crippen LogP contribution in [-0.2, 0) is 0 Å². The molecule has 0 radical (unpaired) electrons. The third kappa shape index (κ3) is 2.14. The van der Waals surface area contributed by atoms with Gasteiger partial charge < -0.3 is 5.11 Å². The van der Waals surface area contributed by atoms with Gasteiger partial charge in [-0.3, -0.25) is 0 Å². The maximum absolute atomic E-state index is 10.2. The van der Waals surface area contributed by atoms with E-state index < -0.39 is 5.60 Å². The largest absolute Gasteiger partial charge is 0.386 e. The van der Waals surface area contributed by atoms with Crippen LogP contribution >= 0.6 is 0 Å². The van der Waals surface area contributed by atoms with Crippen LogP contribution in [0.3, 0.4) is 0 Å². The lowest BCUT2D eigenvalue weighted by Crippen LogP contribution is -2.41. The molecule has 0 saturated heterocycles. The normalized spacial score (nSPS) is 40.7. The zero-order valence-electron chi connectivity index (χ0n) is 9.09. The van der Waals surface area contributed by atoms with E-state index in [1.54, 1.807) is 6.08 Å². The lowest BCUT2D eigenvalue weighted by atomic mass is 9.68. The molecule has 1 aliphatic carbocycles. The molecule has 76 valence electrons. The highest BCUT2D eigenvalue weighted by molar-refractivity contribution is 5.03. The lowest BCUT2D eigenvalue weighted by Gasteiger charge is -2.41. The Morgan fingerprint density at radius 3 is 2.54 bits per heavy atom. The molecule has 1 saturated carbocycles. The molecule has 0 unspecified atom stereocenters. The Bertz CT molecular complexity index is 186. The molecule has 1 aliphatic rings. The van der Waals surface area contributed by atoms with Crippen molar-refractivity contribution >= 4 is 0 Å². The fourth-order valence-corrected chi connectivity index (χ4v) is 2.29. The highest BCUT2D eigenvalue weighted by Gasteiger charge is 2.38. The summed E-state index contributed by atoms with van der Waals surface area (Å²) in [5, 5.41) is 10.2. The van der Waals surface area contributed by atoms with Crippen LogP contribution in [0.5, 0.6) is 0 Å². The Morgan fingerprint density at radius 2 is 2.08 bits per heavy atom. The minimum absolute atomic E-state index is 0.375. The smallest absolute Gasteiger partial charge is 0.0853 e. The second-order valence-electron chi connectivity index (χ2n) is 4.88. The average Bonchev–Trinajstić information content (AvgIpc) is 2.09. The molecule has 1 N–H and O–H groups in total. The number of hydrogen-bond donors (Lipinski definition) is 1. The van der Waals surface area contributed by atoms with Crippen molar-refractivity contribution in [2.24, 2.45) is 17.8 Å². The van der Waals surface area contributed by atoms with Gasteiger partial charge in [0.15, 0.2) is 0 Å². The summed E-state index contributed by atoms with van der Waals surface area (Å²) in [5.41, 5.74) is -0.604. The van der Waals surface area contributed by atoms with Crippen molar-refractivity contribution in [3.05, 3.63) is 12.7 Å². The Labute approximate surface area is 81.9 Å². The zero-order chi connectivity index (χ0) is 10.1. The topological polar surface area (TPSA) is 20.2 Å². The minimum atomic E-state index is -0.604. The number of aliphatic hydroxyl groups is 1. The molecular formula is C12H22O. The maximum atomic E-state index is 10.2. The van der Waals surface area contributed by atoms with E-state index in [0.717, 1.165) is 12.8 Å². The van der Waals surface area contributed by atoms with Gasteiger partial charge in [0.05, 0.1) is 5.60 Å². The first-order valence-electron chi connectivity index (χ1n) is 5.35. The second kappa shape index (κ2) is 3.83. The summed E-state index contributed by atoms with van der Waals surface area (Å²) in [5.74, 6) is 1.72. The fourth-order valence-electron chi connectivity index (χ4n) is 2.29. The molecule has 0 aromatic carbocycles. The van der Waals surface area contributed by atoms with Gasteiger partial charge in [-0.1, -0.05) is 26.8 Å². The van der Waals surface area contributed by atoms with E-state index in [1.165, 1.54) is 6.42 Å². The van der Waals surface area contributed by atoms with Gasteiger partial charge in [-0.2, -0.15) is 0 Å². The van der Waals surface area contributed by atoms with E-state index in [1.807, 2.05) is 0 Å². The van der Waals surface area contributed by atoms with Crippen LogP contribution in [0.15, 0.2) is 12.7 Å². The van der Waals surface area contributed by atoms with Crippen molar-refractivity contribution in [2.45, 2.75) is 45.6 Å². The molecule has 0 aliphatic heterocycles. The van der Waals surface area contributed by atoms with Crippen molar-refractivity contribution in [2.75, 3.05) is 0 Å². The average molecular weight is 182 g/mol. The molecule has 13 heavy (non-hydrogen) atoms. The molecule has 1 rings (SSSR count). The van der Waals surface area contributed by atoms with Crippen LogP contribution < -0.4 is 0 Å². The minimum Gasteiger partial charge on any atom is -0.386 e. The van der Waals surface area contributed by atoms with Crippen molar-refractivity contribution in [1.29, 1.82) is 0 Å². The molecular weight excluding hydrogens is 160 g/mol. The first-order valence-corrected chi connectivity index (χ1v) is 5.35. The van der Waals surface area contributed by atoms with Gasteiger partial charge >= 0.3 is 0 Å². The summed E-state index contributed by atoms with van der Waals surface area (Å²) >= 11 is 0. The van der Waals surface area contributed by atoms with Gasteiger partial charge in [-0.15, -0.1) is 6.58 Å². The summed E-state index contributed by atoms with van der Waals surface area (Å²) in [6.45, 7) is 10.4. The zero-order valence-corrected chi connectivity index (χ0v) is 9.09. The van der Waals surface area contributed by atoms with E-state index in [0.29, 0.717) is 17.8 Å². The van der Waals surface area contributed by atoms with Crippen molar-refractivity contribution in [3.63, 3.8) is 0 Å². The molecule has 3 atom stereocenters. The van der Waals surface area contributed by atoms with Crippen LogP contribution in [-0.4, -0.2) is 10.7 Å². The van der Waals surface area contributed by atoms with Gasteiger partial charge in [-0.25, -0.2) is 0 Å². The van der Waals surface area contributed by atoms with E-state index in [4.69, 9.17) is 0 Å². The second-order valence-corrected chi connectivity index (χ2v) is 4.88. The Hall–Kier alpha value is -0.300. The molecule has 0 aromatic rings. The highest BCUT2D eigenvalue weighted by Crippen LogP contribution is 2.40. The third-order valence-corrected chi connectivity index (χ3v) is 3.71. The molecule has 0 aromatic heterocycles. The SMILES string of the molecule is C=C[C@]1(O)C[C@@H](C(C)C)CC[C@H]1C. The van der Waals surface area contributed by atoms with Crippen molar-refractivity contribution in [1.82, 2.24) is 0 Å². The van der Waals surface area contributed by atoms with Crippen LogP contribution in [0.25, 0.3) is 0 Å². The maximum Gasteiger partial charge on any atom is 0.0853 e. The van der Waals surface area contributed by atoms with E-state index in [2.05, 4.69) is 27.4 Å². The summed E-state index contributed by atoms with van der Waals surface area (Å²) in [7, 11) is 0. The van der Waals surface area contributed by atoms with Crippen LogP contribution in [0.4, 0.5) is 0 Å². The fraction of sp³-hybridized carbons (Fsp3) is 0.833. The number of hydrogen-bond acceptors (Lipinski definition) is 1. The van der Waals surface area contributed by atoms with Crippen molar-refractivity contribution in [3.8, 4) is 0 Å². The van der Waals surface area contributed by atoms with Crippen LogP contribution in [0.1, 0.15) is 40.0 Å². The van der Waals surface area contributed by atoms with E-state index in [-0.39, 0.29) is 0 Å². The van der Waals surface area contributed by atoms with Gasteiger partial charge in [0, 0.05) is 0 Å². The molecule has 0 amide bonds. The van der Waals surface area contributed by atoms with Crippen LogP contribution in [0.2, 0.25) is 0 Å². The monoisotopic (exact) mass is 182 g/mol. The predicted octanol–water partition coefficient (Wildman–Crippen LogP) is 3.00. The first-order chi connectivity index (χ1) is 5.99. The Kier molecular flexibility index (Phi) is 3.18. The predicted molar refractivity (Wildman–Crippen MR) is 56.5 cm³/mol. The van der Waals surface area contributed by atoms with Crippen LogP contribution in [0, 0.1) is 17.8 Å². The summed E-state index contributed by atoms with van der Waals surface area (Å²) < 4.78 is 0. The van der Waals surface area contributed by atoms with Gasteiger partial charge in [0.1, 0.15) is 0 Å². The Balaban J connectivity index is 2.68. The quantitative estimate of drug-likeness (QED) is 0.651. The summed E-state index contributed by atoms with van der Waals surface area (Å²) in [6.07, 6.45) is 5.03. The molecule has 0 bridgehead atoms. The number of rotatable bonds is 2. The molecule has 1 heteroatoms. The van der Waals surface area contributed by atoms with Gasteiger partial charge in [0.25, 0.3) is 0 Å². The van der Waals surface area contributed by atoms with Crippen molar-refractivity contribution < 1.29 is 5.11 Å². The molecule has 1 fully saturated rings. The molecule has 0 spiro atoms. The Morgan fingerprint density at radius 1 is 1.46 bits per heavy atom. The summed E-state index contributed by atoms with van der Waals surface area (Å²) in [6, 6.07) is 0. The van der Waals surface area contributed by atoms with Gasteiger partial charge in [0.2, 0.25) is 0 Å². The lowest BCUT2D eigenvalue weighted by molar-refractivity contribution is -0.0260. The van der Waals surface area contributed by atoms with Gasteiger partial charge in [-0.05, 0) is 37.0 Å². The third-order valence-electron chi connectivity index (χ3n) is 3.71. The highest BCUT2D eigenvalue weighted by atomic mass is 16.3.